The summed E-state index contributed by atoms with van der Waals surface area (Å²) in [5, 5.41) is 8.98. The summed E-state index contributed by atoms with van der Waals surface area (Å²) in [6.45, 7) is 3.66. The van der Waals surface area contributed by atoms with Gasteiger partial charge in [-0.3, -0.25) is 4.79 Å². The first-order valence-corrected chi connectivity index (χ1v) is 9.96. The van der Waals surface area contributed by atoms with Gasteiger partial charge in [-0.25, -0.2) is 5.10 Å². The van der Waals surface area contributed by atoms with Crippen molar-refractivity contribution in [2.24, 2.45) is 5.10 Å². The number of halogens is 3. The molecule has 0 saturated carbocycles. The van der Waals surface area contributed by atoms with E-state index in [0.717, 1.165) is 5.69 Å². The molecule has 3 aromatic rings. The van der Waals surface area contributed by atoms with Crippen molar-refractivity contribution in [3.8, 4) is 5.75 Å². The van der Waals surface area contributed by atoms with E-state index in [1.807, 2.05) is 44.2 Å². The lowest BCUT2D eigenvalue weighted by atomic mass is 10.2. The number of alkyl halides is 3. The van der Waals surface area contributed by atoms with E-state index in [1.54, 1.807) is 29.2 Å². The second kappa shape index (κ2) is 9.77. The molecule has 2 aromatic carbocycles. The molecule has 0 unspecified atom stereocenters. The van der Waals surface area contributed by atoms with Crippen molar-refractivity contribution in [3.63, 3.8) is 0 Å². The number of anilines is 1. The highest BCUT2D eigenvalue weighted by Crippen LogP contribution is 2.27. The Morgan fingerprint density at radius 3 is 2.47 bits per heavy atom. The highest BCUT2D eigenvalue weighted by atomic mass is 32.1. The second-order valence-corrected chi connectivity index (χ2v) is 7.34. The van der Waals surface area contributed by atoms with E-state index in [2.05, 4.69) is 15.3 Å². The van der Waals surface area contributed by atoms with Gasteiger partial charge in [-0.1, -0.05) is 18.2 Å². The number of nitrogens with one attached hydrogen (secondary N) is 1. The predicted octanol–water partition coefficient (Wildman–Crippen LogP) is 4.66. The number of benzene rings is 2. The Kier molecular flexibility index (Phi) is 7.08. The van der Waals surface area contributed by atoms with Gasteiger partial charge in [-0.15, -0.1) is 5.10 Å². The second-order valence-electron chi connectivity index (χ2n) is 6.96. The van der Waals surface area contributed by atoms with Gasteiger partial charge >= 0.3 is 6.18 Å². The Hall–Kier alpha value is -3.47. The monoisotopic (exact) mass is 463 g/mol. The van der Waals surface area contributed by atoms with Gasteiger partial charge in [0.15, 0.2) is 6.61 Å². The SMILES string of the molecule is CC(C)N(C(=O)COc1ccc(C=Nn2c(C(F)(F)F)n[nH]c2=S)cc1)c1ccccc1. The largest absolute Gasteiger partial charge is 0.484 e. The van der Waals surface area contributed by atoms with Crippen molar-refractivity contribution < 1.29 is 22.7 Å². The molecule has 1 aromatic heterocycles. The molecular formula is C21H20F3N5O2S. The Morgan fingerprint density at radius 2 is 1.88 bits per heavy atom. The minimum atomic E-state index is -4.70. The summed E-state index contributed by atoms with van der Waals surface area (Å²) in [4.78, 5) is 14.3. The lowest BCUT2D eigenvalue weighted by Gasteiger charge is -2.26. The van der Waals surface area contributed by atoms with E-state index in [0.29, 0.717) is 16.0 Å². The van der Waals surface area contributed by atoms with Crippen molar-refractivity contribution in [2.75, 3.05) is 11.5 Å². The van der Waals surface area contributed by atoms with E-state index in [9.17, 15) is 18.0 Å². The van der Waals surface area contributed by atoms with Crippen LogP contribution in [-0.4, -0.2) is 39.6 Å². The summed E-state index contributed by atoms with van der Waals surface area (Å²) in [7, 11) is 0. The normalized spacial score (nSPS) is 11.8. The third kappa shape index (κ3) is 5.61. The van der Waals surface area contributed by atoms with Crippen molar-refractivity contribution in [1.82, 2.24) is 14.9 Å². The van der Waals surface area contributed by atoms with Crippen LogP contribution in [0.5, 0.6) is 5.75 Å². The smallest absolute Gasteiger partial charge is 0.453 e. The van der Waals surface area contributed by atoms with Crippen LogP contribution in [0.4, 0.5) is 18.9 Å². The Labute approximate surface area is 187 Å². The molecule has 11 heteroatoms. The fourth-order valence-electron chi connectivity index (χ4n) is 2.89. The van der Waals surface area contributed by atoms with Gasteiger partial charge in [0, 0.05) is 11.7 Å². The van der Waals surface area contributed by atoms with Crippen LogP contribution in [0.15, 0.2) is 59.7 Å². The van der Waals surface area contributed by atoms with E-state index in [-0.39, 0.29) is 23.3 Å². The first-order valence-electron chi connectivity index (χ1n) is 9.56. The molecule has 7 nitrogen and oxygen atoms in total. The molecule has 0 spiro atoms. The Balaban J connectivity index is 1.65. The summed E-state index contributed by atoms with van der Waals surface area (Å²) in [6.07, 6.45) is -3.48. The average Bonchev–Trinajstić information content (AvgIpc) is 3.13. The number of aromatic nitrogens is 3. The zero-order valence-electron chi connectivity index (χ0n) is 17.2. The van der Waals surface area contributed by atoms with Gasteiger partial charge in [-0.05, 0) is 68.0 Å². The summed E-state index contributed by atoms with van der Waals surface area (Å²) >= 11 is 4.79. The van der Waals surface area contributed by atoms with Crippen LogP contribution < -0.4 is 9.64 Å². The van der Waals surface area contributed by atoms with Crippen molar-refractivity contribution >= 4 is 30.0 Å². The first-order chi connectivity index (χ1) is 15.2. The van der Waals surface area contributed by atoms with Crippen molar-refractivity contribution in [3.05, 3.63) is 70.8 Å². The number of carbonyl (C=O) groups is 1. The maximum Gasteiger partial charge on any atom is 0.453 e. The molecule has 168 valence electrons. The fourth-order valence-corrected chi connectivity index (χ4v) is 3.07. The number of nitrogens with zero attached hydrogens (tertiary/aromatic N) is 4. The van der Waals surface area contributed by atoms with E-state index >= 15 is 0 Å². The fraction of sp³-hybridized carbons (Fsp3) is 0.238. The van der Waals surface area contributed by atoms with Crippen LogP contribution in [0.2, 0.25) is 0 Å². The van der Waals surface area contributed by atoms with Crippen LogP contribution in [0.3, 0.4) is 0 Å². The summed E-state index contributed by atoms with van der Waals surface area (Å²) in [5.41, 5.74) is 1.28. The zero-order chi connectivity index (χ0) is 23.3. The standard InChI is InChI=1S/C21H20F3N5O2S/c1-14(2)28(16-6-4-3-5-7-16)18(30)13-31-17-10-8-15(9-11-17)12-25-29-19(21(22,23)24)26-27-20(29)32/h3-12,14H,13H2,1-2H3,(H,27,32). The van der Waals surface area contributed by atoms with E-state index in [1.165, 1.54) is 6.21 Å². The van der Waals surface area contributed by atoms with Crippen molar-refractivity contribution in [1.29, 1.82) is 0 Å². The van der Waals surface area contributed by atoms with Gasteiger partial charge in [0.1, 0.15) is 5.75 Å². The van der Waals surface area contributed by atoms with Gasteiger partial charge in [0.25, 0.3) is 11.7 Å². The number of hydrogen-bond donors (Lipinski definition) is 1. The number of rotatable bonds is 7. The molecule has 0 aliphatic rings. The lowest BCUT2D eigenvalue weighted by Crippen LogP contribution is -2.40. The number of hydrogen-bond acceptors (Lipinski definition) is 5. The predicted molar refractivity (Wildman–Crippen MR) is 116 cm³/mol. The van der Waals surface area contributed by atoms with Gasteiger partial charge in [-0.2, -0.15) is 22.9 Å². The third-order valence-electron chi connectivity index (χ3n) is 4.29. The molecule has 0 aliphatic carbocycles. The minimum Gasteiger partial charge on any atom is -0.484 e. The van der Waals surface area contributed by atoms with E-state index < -0.39 is 12.0 Å². The van der Waals surface area contributed by atoms with Gasteiger partial charge in [0.05, 0.1) is 6.21 Å². The van der Waals surface area contributed by atoms with Crippen LogP contribution in [0.25, 0.3) is 0 Å². The number of para-hydroxylation sites is 1. The number of ether oxygens (including phenoxy) is 1. The Bertz CT molecular complexity index is 1140. The lowest BCUT2D eigenvalue weighted by molar-refractivity contribution is -0.147. The molecule has 0 fully saturated rings. The number of carbonyl (C=O) groups excluding carboxylic acids is 1. The average molecular weight is 463 g/mol. The highest BCUT2D eigenvalue weighted by molar-refractivity contribution is 7.71. The van der Waals surface area contributed by atoms with Gasteiger partial charge in [0.2, 0.25) is 4.77 Å². The summed E-state index contributed by atoms with van der Waals surface area (Å²) in [5.74, 6) is -1.01. The highest BCUT2D eigenvalue weighted by Gasteiger charge is 2.37. The van der Waals surface area contributed by atoms with Crippen LogP contribution in [0.1, 0.15) is 25.2 Å². The topological polar surface area (TPSA) is 75.5 Å². The molecule has 0 saturated heterocycles. The minimum absolute atomic E-state index is 0.0524. The molecule has 3 rings (SSSR count). The maximum atomic E-state index is 12.9. The van der Waals surface area contributed by atoms with Crippen LogP contribution >= 0.6 is 12.2 Å². The van der Waals surface area contributed by atoms with Crippen LogP contribution in [0, 0.1) is 4.77 Å². The first kappa shape index (κ1) is 23.2. The maximum absolute atomic E-state index is 12.9. The third-order valence-corrected chi connectivity index (χ3v) is 4.55. The zero-order valence-corrected chi connectivity index (χ0v) is 18.0. The molecule has 1 heterocycles. The summed E-state index contributed by atoms with van der Waals surface area (Å²) in [6, 6.07) is 15.6. The number of amides is 1. The van der Waals surface area contributed by atoms with Gasteiger partial charge < -0.3 is 9.64 Å². The molecule has 1 N–H and O–H groups in total. The quantitative estimate of drug-likeness (QED) is 0.408. The summed E-state index contributed by atoms with van der Waals surface area (Å²) < 4.78 is 44.6. The molecular weight excluding hydrogens is 443 g/mol. The molecule has 0 radical (unpaired) electrons. The molecule has 0 bridgehead atoms. The number of H-pyrrole nitrogens is 1. The molecule has 0 aliphatic heterocycles. The Morgan fingerprint density at radius 1 is 1.22 bits per heavy atom. The molecule has 0 atom stereocenters. The molecule has 32 heavy (non-hydrogen) atoms. The van der Waals surface area contributed by atoms with Crippen LogP contribution in [-0.2, 0) is 11.0 Å². The molecule has 1 amide bonds. The number of aromatic amines is 1. The van der Waals surface area contributed by atoms with Crippen molar-refractivity contribution in [2.45, 2.75) is 26.1 Å². The van der Waals surface area contributed by atoms with E-state index in [4.69, 9.17) is 17.0 Å².